The summed E-state index contributed by atoms with van der Waals surface area (Å²) < 4.78 is 6.89. The van der Waals surface area contributed by atoms with E-state index in [0.29, 0.717) is 12.2 Å². The van der Waals surface area contributed by atoms with Crippen LogP contribution in [0, 0.1) is 0 Å². The number of anilines is 1. The normalized spacial score (nSPS) is 16.4. The van der Waals surface area contributed by atoms with Crippen molar-refractivity contribution in [3.8, 4) is 17.0 Å². The second-order valence-corrected chi connectivity index (χ2v) is 6.09. The fourth-order valence-corrected chi connectivity index (χ4v) is 2.89. The molecule has 0 radical (unpaired) electrons. The predicted molar refractivity (Wildman–Crippen MR) is 98.5 cm³/mol. The molecule has 0 aliphatic carbocycles. The van der Waals surface area contributed by atoms with E-state index in [1.165, 1.54) is 0 Å². The number of methoxy groups -OCH3 is 1. The summed E-state index contributed by atoms with van der Waals surface area (Å²) >= 11 is 0. The van der Waals surface area contributed by atoms with Gasteiger partial charge < -0.3 is 14.9 Å². The third kappa shape index (κ3) is 3.17. The van der Waals surface area contributed by atoms with E-state index >= 15 is 0 Å². The number of benzene rings is 1. The molecule has 0 amide bonds. The average molecular weight is 352 g/mol. The Morgan fingerprint density at radius 1 is 1.31 bits per heavy atom. The largest absolute Gasteiger partial charge is 0.497 e. The first kappa shape index (κ1) is 16.3. The quantitative estimate of drug-likeness (QED) is 0.734. The zero-order valence-electron chi connectivity index (χ0n) is 14.7. The van der Waals surface area contributed by atoms with Crippen LogP contribution < -0.4 is 10.1 Å². The van der Waals surface area contributed by atoms with Crippen LogP contribution in [0.1, 0.15) is 19.8 Å². The van der Waals surface area contributed by atoms with Crippen LogP contribution in [0.15, 0.2) is 41.8 Å². The van der Waals surface area contributed by atoms with Crippen LogP contribution in [0.25, 0.3) is 16.9 Å². The van der Waals surface area contributed by atoms with Crippen molar-refractivity contribution in [3.05, 3.63) is 36.7 Å². The molecule has 1 aromatic carbocycles. The molecule has 0 saturated carbocycles. The number of hydrogen-bond donors (Lipinski definition) is 1. The van der Waals surface area contributed by atoms with E-state index in [-0.39, 0.29) is 6.10 Å². The van der Waals surface area contributed by atoms with Crippen molar-refractivity contribution in [2.45, 2.75) is 25.9 Å². The van der Waals surface area contributed by atoms with E-state index in [4.69, 9.17) is 9.57 Å². The van der Waals surface area contributed by atoms with Crippen molar-refractivity contribution in [1.29, 1.82) is 0 Å². The third-order valence-corrected chi connectivity index (χ3v) is 4.38. The Bertz CT molecular complexity index is 935. The molecule has 0 fully saturated rings. The molecule has 2 aromatic heterocycles. The molecule has 3 aromatic rings. The van der Waals surface area contributed by atoms with Gasteiger partial charge in [0, 0.05) is 12.0 Å². The molecule has 3 heterocycles. The summed E-state index contributed by atoms with van der Waals surface area (Å²) in [6.07, 6.45) is 3.40. The third-order valence-electron chi connectivity index (χ3n) is 4.38. The number of rotatable bonds is 6. The minimum Gasteiger partial charge on any atom is -0.497 e. The lowest BCUT2D eigenvalue weighted by Crippen LogP contribution is -2.20. The highest BCUT2D eigenvalue weighted by atomic mass is 16.6. The first-order chi connectivity index (χ1) is 12.8. The standard InChI is InChI=1S/C18H20N6O2/c1-3-13-8-15(26-23-13)10-19-17-9-16(22-24-11-20-21-18(17)24)12-4-6-14(25-2)7-5-12/h4-7,9,11,15,19H,3,8,10H2,1-2H3. The van der Waals surface area contributed by atoms with E-state index in [2.05, 4.69) is 32.7 Å². The van der Waals surface area contributed by atoms with Gasteiger partial charge in [0.1, 0.15) is 18.2 Å². The van der Waals surface area contributed by atoms with Gasteiger partial charge in [-0.25, -0.2) is 0 Å². The van der Waals surface area contributed by atoms with Crippen molar-refractivity contribution < 1.29 is 9.57 Å². The summed E-state index contributed by atoms with van der Waals surface area (Å²) in [6, 6.07) is 9.75. The van der Waals surface area contributed by atoms with E-state index in [1.54, 1.807) is 18.0 Å². The molecule has 1 aliphatic rings. The van der Waals surface area contributed by atoms with Gasteiger partial charge in [0.25, 0.3) is 0 Å². The van der Waals surface area contributed by atoms with E-state index < -0.39 is 0 Å². The molecule has 0 spiro atoms. The summed E-state index contributed by atoms with van der Waals surface area (Å²) in [5.41, 5.74) is 4.44. The zero-order valence-corrected chi connectivity index (χ0v) is 14.7. The van der Waals surface area contributed by atoms with Crippen LogP contribution in [-0.4, -0.2) is 45.3 Å². The van der Waals surface area contributed by atoms with Crippen molar-refractivity contribution >= 4 is 17.0 Å². The summed E-state index contributed by atoms with van der Waals surface area (Å²) in [5.74, 6) is 0.808. The molecule has 8 heteroatoms. The molecule has 1 atom stereocenters. The van der Waals surface area contributed by atoms with Crippen molar-refractivity contribution in [2.75, 3.05) is 19.0 Å². The molecule has 8 nitrogen and oxygen atoms in total. The van der Waals surface area contributed by atoms with Gasteiger partial charge >= 0.3 is 0 Å². The predicted octanol–water partition coefficient (Wildman–Crippen LogP) is 2.77. The van der Waals surface area contributed by atoms with Gasteiger partial charge in [0.2, 0.25) is 5.65 Å². The summed E-state index contributed by atoms with van der Waals surface area (Å²) in [6.45, 7) is 2.73. The van der Waals surface area contributed by atoms with Crippen LogP contribution >= 0.6 is 0 Å². The van der Waals surface area contributed by atoms with E-state index in [9.17, 15) is 0 Å². The van der Waals surface area contributed by atoms with E-state index in [0.717, 1.165) is 41.2 Å². The Kier molecular flexibility index (Phi) is 4.39. The second kappa shape index (κ2) is 6.99. The van der Waals surface area contributed by atoms with Crippen LogP contribution in [0.2, 0.25) is 0 Å². The highest BCUT2D eigenvalue weighted by molar-refractivity contribution is 5.85. The number of oxime groups is 1. The van der Waals surface area contributed by atoms with Gasteiger partial charge in [0.15, 0.2) is 0 Å². The van der Waals surface area contributed by atoms with Crippen LogP contribution in [-0.2, 0) is 4.84 Å². The van der Waals surface area contributed by atoms with Gasteiger partial charge in [0.05, 0.1) is 30.7 Å². The minimum atomic E-state index is 0.0329. The molecule has 0 bridgehead atoms. The number of nitrogens with one attached hydrogen (secondary N) is 1. The van der Waals surface area contributed by atoms with Crippen molar-refractivity contribution in [3.63, 3.8) is 0 Å². The van der Waals surface area contributed by atoms with Crippen molar-refractivity contribution in [1.82, 2.24) is 19.8 Å². The number of ether oxygens (including phenoxy) is 1. The SMILES string of the molecule is CCC1=NOC(CNc2cc(-c3ccc(OC)cc3)nn3cnnc23)C1. The lowest BCUT2D eigenvalue weighted by atomic mass is 10.1. The lowest BCUT2D eigenvalue weighted by molar-refractivity contribution is 0.0949. The maximum atomic E-state index is 5.47. The fourth-order valence-electron chi connectivity index (χ4n) is 2.89. The van der Waals surface area contributed by atoms with Crippen molar-refractivity contribution in [2.24, 2.45) is 5.16 Å². The molecule has 4 rings (SSSR count). The Labute approximate surface area is 150 Å². The van der Waals surface area contributed by atoms with Gasteiger partial charge in [-0.15, -0.1) is 10.2 Å². The molecule has 134 valence electrons. The summed E-state index contributed by atoms with van der Waals surface area (Å²) in [5, 5.41) is 20.2. The first-order valence-electron chi connectivity index (χ1n) is 8.57. The molecular formula is C18H20N6O2. The molecule has 26 heavy (non-hydrogen) atoms. The van der Waals surface area contributed by atoms with Gasteiger partial charge in [-0.05, 0) is 36.8 Å². The first-order valence-corrected chi connectivity index (χ1v) is 8.57. The Morgan fingerprint density at radius 3 is 2.88 bits per heavy atom. The Morgan fingerprint density at radius 2 is 2.15 bits per heavy atom. The number of nitrogens with zero attached hydrogens (tertiary/aromatic N) is 5. The molecule has 1 N–H and O–H groups in total. The highest BCUT2D eigenvalue weighted by Gasteiger charge is 2.20. The average Bonchev–Trinajstić information content (AvgIpc) is 3.35. The molecule has 1 aliphatic heterocycles. The number of hydrogen-bond acceptors (Lipinski definition) is 7. The molecule has 1 unspecified atom stereocenters. The smallest absolute Gasteiger partial charge is 0.200 e. The lowest BCUT2D eigenvalue weighted by Gasteiger charge is -2.12. The minimum absolute atomic E-state index is 0.0329. The fraction of sp³-hybridized carbons (Fsp3) is 0.333. The van der Waals surface area contributed by atoms with Crippen LogP contribution in [0.3, 0.4) is 0 Å². The maximum Gasteiger partial charge on any atom is 0.200 e. The topological polar surface area (TPSA) is 85.9 Å². The number of fused-ring (bicyclic) bond motifs is 1. The van der Waals surface area contributed by atoms with E-state index in [1.807, 2.05) is 30.3 Å². The maximum absolute atomic E-state index is 5.47. The second-order valence-electron chi connectivity index (χ2n) is 6.09. The zero-order chi connectivity index (χ0) is 17.9. The highest BCUT2D eigenvalue weighted by Crippen LogP contribution is 2.25. The molecule has 0 saturated heterocycles. The van der Waals surface area contributed by atoms with Crippen LogP contribution in [0.5, 0.6) is 5.75 Å². The van der Waals surface area contributed by atoms with Gasteiger partial charge in [-0.1, -0.05) is 12.1 Å². The van der Waals surface area contributed by atoms with Gasteiger partial charge in [-0.2, -0.15) is 9.61 Å². The molecular weight excluding hydrogens is 332 g/mol. The monoisotopic (exact) mass is 352 g/mol. The van der Waals surface area contributed by atoms with Gasteiger partial charge in [-0.3, -0.25) is 0 Å². The summed E-state index contributed by atoms with van der Waals surface area (Å²) in [4.78, 5) is 5.47. The Balaban J connectivity index is 1.58. The Hall–Kier alpha value is -3.16. The summed E-state index contributed by atoms with van der Waals surface area (Å²) in [7, 11) is 1.65. The van der Waals surface area contributed by atoms with Crippen LogP contribution in [0.4, 0.5) is 5.69 Å². The number of aromatic nitrogens is 4.